The van der Waals surface area contributed by atoms with E-state index < -0.39 is 18.0 Å². The van der Waals surface area contributed by atoms with Gasteiger partial charge in [0.1, 0.15) is 0 Å². The number of carboxylic acids is 1. The molecule has 1 aliphatic carbocycles. The molecule has 1 fully saturated rings. The fourth-order valence-electron chi connectivity index (χ4n) is 3.26. The van der Waals surface area contributed by atoms with Crippen molar-refractivity contribution >= 4 is 21.9 Å². The van der Waals surface area contributed by atoms with Gasteiger partial charge in [0, 0.05) is 4.47 Å². The van der Waals surface area contributed by atoms with Gasteiger partial charge in [-0.25, -0.2) is 0 Å². The fourth-order valence-corrected chi connectivity index (χ4v) is 3.70. The van der Waals surface area contributed by atoms with Crippen molar-refractivity contribution in [2.45, 2.75) is 51.0 Å². The summed E-state index contributed by atoms with van der Waals surface area (Å²) in [5.74, 6) is -0.769. The summed E-state index contributed by atoms with van der Waals surface area (Å²) in [7, 11) is 0. The van der Waals surface area contributed by atoms with Crippen LogP contribution in [0, 0.1) is 11.8 Å². The van der Waals surface area contributed by atoms with Gasteiger partial charge < -0.3 is 10.2 Å². The minimum absolute atomic E-state index is 0.340. The number of carboxylic acid groups (broad SMARTS) is 1. The summed E-state index contributed by atoms with van der Waals surface area (Å²) < 4.78 is 0.932. The van der Waals surface area contributed by atoms with Crippen molar-refractivity contribution in [1.82, 2.24) is 0 Å². The molecule has 3 nitrogen and oxygen atoms in total. The van der Waals surface area contributed by atoms with Gasteiger partial charge in [-0.15, -0.1) is 0 Å². The topological polar surface area (TPSA) is 57.5 Å². The summed E-state index contributed by atoms with van der Waals surface area (Å²) in [6, 6.07) is 7.68. The maximum atomic E-state index is 11.5. The zero-order chi connectivity index (χ0) is 15.2. The zero-order valence-electron chi connectivity index (χ0n) is 12.2. The first-order chi connectivity index (χ1) is 10.1. The van der Waals surface area contributed by atoms with Crippen molar-refractivity contribution in [1.29, 1.82) is 0 Å². The highest BCUT2D eigenvalue weighted by Gasteiger charge is 2.25. The molecule has 0 saturated heterocycles. The van der Waals surface area contributed by atoms with Crippen LogP contribution in [0.1, 0.15) is 44.1 Å². The summed E-state index contributed by atoms with van der Waals surface area (Å²) in [5, 5.41) is 19.6. The third-order valence-electron chi connectivity index (χ3n) is 4.41. The molecule has 1 saturated carbocycles. The Morgan fingerprint density at radius 3 is 2.57 bits per heavy atom. The quantitative estimate of drug-likeness (QED) is 0.777. The largest absolute Gasteiger partial charge is 0.481 e. The number of aliphatic hydroxyl groups excluding tert-OH is 1. The van der Waals surface area contributed by atoms with E-state index in [4.69, 9.17) is 0 Å². The number of halogens is 1. The molecular formula is C17H23BrO3. The van der Waals surface area contributed by atoms with Gasteiger partial charge in [-0.3, -0.25) is 4.79 Å². The van der Waals surface area contributed by atoms with E-state index in [1.54, 1.807) is 0 Å². The minimum Gasteiger partial charge on any atom is -0.481 e. The SMILES string of the molecule is O=C(O)C(Cc1ccccc1Br)CC(O)CC1CCCC1. The van der Waals surface area contributed by atoms with Gasteiger partial charge in [0.25, 0.3) is 0 Å². The molecule has 0 radical (unpaired) electrons. The van der Waals surface area contributed by atoms with E-state index in [9.17, 15) is 15.0 Å². The van der Waals surface area contributed by atoms with Crippen molar-refractivity contribution in [3.05, 3.63) is 34.3 Å². The van der Waals surface area contributed by atoms with Gasteiger partial charge >= 0.3 is 5.97 Å². The van der Waals surface area contributed by atoms with E-state index in [2.05, 4.69) is 15.9 Å². The van der Waals surface area contributed by atoms with Gasteiger partial charge in [-0.05, 0) is 36.8 Å². The number of rotatable bonds is 7. The lowest BCUT2D eigenvalue weighted by molar-refractivity contribution is -0.142. The summed E-state index contributed by atoms with van der Waals surface area (Å²) in [4.78, 5) is 11.5. The molecule has 1 aromatic carbocycles. The minimum atomic E-state index is -0.823. The van der Waals surface area contributed by atoms with Gasteiger partial charge in [-0.1, -0.05) is 59.8 Å². The molecule has 4 heteroatoms. The first-order valence-corrected chi connectivity index (χ1v) is 8.50. The van der Waals surface area contributed by atoms with E-state index in [0.717, 1.165) is 16.5 Å². The molecule has 0 aromatic heterocycles. The molecule has 21 heavy (non-hydrogen) atoms. The van der Waals surface area contributed by atoms with Crippen molar-refractivity contribution in [3.8, 4) is 0 Å². The van der Waals surface area contributed by atoms with Crippen LogP contribution in [0.2, 0.25) is 0 Å². The van der Waals surface area contributed by atoms with Gasteiger partial charge in [0.15, 0.2) is 0 Å². The normalized spacial score (nSPS) is 18.6. The predicted octanol–water partition coefficient (Wildman–Crippen LogP) is 4.02. The molecule has 0 heterocycles. The van der Waals surface area contributed by atoms with Crippen LogP contribution in [0.25, 0.3) is 0 Å². The first-order valence-electron chi connectivity index (χ1n) is 7.70. The Bertz CT molecular complexity index is 469. The number of carbonyl (C=O) groups is 1. The number of hydrogen-bond acceptors (Lipinski definition) is 2. The van der Waals surface area contributed by atoms with Crippen LogP contribution in [-0.2, 0) is 11.2 Å². The Morgan fingerprint density at radius 1 is 1.29 bits per heavy atom. The molecule has 2 atom stereocenters. The first kappa shape index (κ1) is 16.5. The highest BCUT2D eigenvalue weighted by atomic mass is 79.9. The Kier molecular flexibility index (Phi) is 6.24. The number of benzene rings is 1. The number of aliphatic carboxylic acids is 1. The van der Waals surface area contributed by atoms with Gasteiger partial charge in [0.2, 0.25) is 0 Å². The predicted molar refractivity (Wildman–Crippen MR) is 86.2 cm³/mol. The molecule has 2 N–H and O–H groups in total. The molecule has 2 unspecified atom stereocenters. The summed E-state index contributed by atoms with van der Waals surface area (Å²) >= 11 is 3.46. The lowest BCUT2D eigenvalue weighted by Crippen LogP contribution is -2.24. The second-order valence-corrected chi connectivity index (χ2v) is 6.96. The smallest absolute Gasteiger partial charge is 0.306 e. The average molecular weight is 355 g/mol. The van der Waals surface area contributed by atoms with Crippen LogP contribution < -0.4 is 0 Å². The lowest BCUT2D eigenvalue weighted by Gasteiger charge is -2.20. The Balaban J connectivity index is 1.92. The van der Waals surface area contributed by atoms with E-state index in [0.29, 0.717) is 18.8 Å². The molecule has 0 aliphatic heterocycles. The van der Waals surface area contributed by atoms with Crippen LogP contribution in [0.5, 0.6) is 0 Å². The average Bonchev–Trinajstić information content (AvgIpc) is 2.93. The molecule has 2 rings (SSSR count). The lowest BCUT2D eigenvalue weighted by atomic mass is 9.89. The standard InChI is InChI=1S/C17H23BrO3/c18-16-8-4-3-7-13(16)10-14(17(20)21)11-15(19)9-12-5-1-2-6-12/h3-4,7-8,12,14-15,19H,1-2,5-6,9-11H2,(H,20,21). The second-order valence-electron chi connectivity index (χ2n) is 6.11. The highest BCUT2D eigenvalue weighted by Crippen LogP contribution is 2.30. The van der Waals surface area contributed by atoms with E-state index >= 15 is 0 Å². The van der Waals surface area contributed by atoms with Crippen molar-refractivity contribution < 1.29 is 15.0 Å². The van der Waals surface area contributed by atoms with E-state index in [1.807, 2.05) is 24.3 Å². The molecule has 0 spiro atoms. The maximum Gasteiger partial charge on any atom is 0.306 e. The fraction of sp³-hybridized carbons (Fsp3) is 0.588. The van der Waals surface area contributed by atoms with Gasteiger partial charge in [-0.2, -0.15) is 0 Å². The summed E-state index contributed by atoms with van der Waals surface area (Å²) in [6.45, 7) is 0. The molecule has 0 bridgehead atoms. The highest BCUT2D eigenvalue weighted by molar-refractivity contribution is 9.10. The third-order valence-corrected chi connectivity index (χ3v) is 5.18. The van der Waals surface area contributed by atoms with Crippen molar-refractivity contribution in [3.63, 3.8) is 0 Å². The number of aliphatic hydroxyl groups is 1. The molecule has 1 aromatic rings. The molecule has 1 aliphatic rings. The van der Waals surface area contributed by atoms with Crippen LogP contribution >= 0.6 is 15.9 Å². The van der Waals surface area contributed by atoms with Crippen LogP contribution in [0.4, 0.5) is 0 Å². The second kappa shape index (κ2) is 7.95. The van der Waals surface area contributed by atoms with Crippen molar-refractivity contribution in [2.75, 3.05) is 0 Å². The summed E-state index contributed by atoms with van der Waals surface area (Å²) in [6.07, 6.45) is 5.90. The molecular weight excluding hydrogens is 332 g/mol. The van der Waals surface area contributed by atoms with E-state index in [1.165, 1.54) is 25.7 Å². The third kappa shape index (κ3) is 5.11. The zero-order valence-corrected chi connectivity index (χ0v) is 13.8. The van der Waals surface area contributed by atoms with Crippen LogP contribution in [0.3, 0.4) is 0 Å². The molecule has 116 valence electrons. The Morgan fingerprint density at radius 2 is 1.95 bits per heavy atom. The number of hydrogen-bond donors (Lipinski definition) is 2. The maximum absolute atomic E-state index is 11.5. The Labute approximate surface area is 134 Å². The Hall–Kier alpha value is -0.870. The van der Waals surface area contributed by atoms with Crippen molar-refractivity contribution in [2.24, 2.45) is 11.8 Å². The van der Waals surface area contributed by atoms with Crippen LogP contribution in [0.15, 0.2) is 28.7 Å². The summed E-state index contributed by atoms with van der Waals surface area (Å²) in [5.41, 5.74) is 0.984. The van der Waals surface area contributed by atoms with Gasteiger partial charge in [0.05, 0.1) is 12.0 Å². The molecule has 0 amide bonds. The monoisotopic (exact) mass is 354 g/mol. The van der Waals surface area contributed by atoms with Crippen LogP contribution in [-0.4, -0.2) is 22.3 Å². The van der Waals surface area contributed by atoms with E-state index in [-0.39, 0.29) is 0 Å².